The van der Waals surface area contributed by atoms with E-state index in [1.54, 1.807) is 0 Å². The van der Waals surface area contributed by atoms with E-state index in [1.807, 2.05) is 6.07 Å². The van der Waals surface area contributed by atoms with Crippen molar-refractivity contribution >= 4 is 12.2 Å². The van der Waals surface area contributed by atoms with Crippen LogP contribution in [-0.4, -0.2) is 0 Å². The third-order valence-corrected chi connectivity index (χ3v) is 6.40. The van der Waals surface area contributed by atoms with Gasteiger partial charge in [0.2, 0.25) is 0 Å². The largest absolute Gasteiger partial charge is 0.0622 e. The highest BCUT2D eigenvalue weighted by Crippen LogP contribution is 2.34. The van der Waals surface area contributed by atoms with E-state index in [9.17, 15) is 0 Å². The summed E-state index contributed by atoms with van der Waals surface area (Å²) in [6.45, 7) is 13.8. The monoisotopic (exact) mass is 444 g/mol. The van der Waals surface area contributed by atoms with E-state index >= 15 is 0 Å². The van der Waals surface area contributed by atoms with E-state index in [1.165, 1.54) is 44.5 Å². The fourth-order valence-corrected chi connectivity index (χ4v) is 4.06. The number of hydrogen-bond donors (Lipinski definition) is 0. The van der Waals surface area contributed by atoms with E-state index in [2.05, 4.69) is 145 Å². The molecule has 0 unspecified atom stereocenters. The highest BCUT2D eigenvalue weighted by molar-refractivity contribution is 5.74. The Kier molecular flexibility index (Phi) is 6.62. The summed E-state index contributed by atoms with van der Waals surface area (Å²) in [5.41, 5.74) is 10.5. The molecule has 172 valence electrons. The van der Waals surface area contributed by atoms with Crippen molar-refractivity contribution in [1.82, 2.24) is 0 Å². The molecule has 4 aromatic carbocycles. The summed E-state index contributed by atoms with van der Waals surface area (Å²) in [6.07, 6.45) is 4.32. The van der Waals surface area contributed by atoms with Crippen LogP contribution in [0.5, 0.6) is 0 Å². The van der Waals surface area contributed by atoms with Crippen LogP contribution >= 0.6 is 0 Å². The van der Waals surface area contributed by atoms with E-state index in [0.29, 0.717) is 0 Å². The van der Waals surface area contributed by atoms with Gasteiger partial charge in [-0.15, -0.1) is 0 Å². The van der Waals surface area contributed by atoms with Gasteiger partial charge in [0.15, 0.2) is 0 Å². The molecular weight excluding hydrogens is 408 g/mol. The van der Waals surface area contributed by atoms with Crippen molar-refractivity contribution in [3.63, 3.8) is 0 Å². The van der Waals surface area contributed by atoms with E-state index in [0.717, 1.165) is 0 Å². The second-order valence-corrected chi connectivity index (χ2v) is 11.2. The Labute approximate surface area is 206 Å². The fourth-order valence-electron chi connectivity index (χ4n) is 4.06. The molecular formula is C34H36. The van der Waals surface area contributed by atoms with Crippen molar-refractivity contribution in [2.75, 3.05) is 0 Å². The minimum atomic E-state index is 0.118. The normalized spacial score (nSPS) is 12.3. The first-order valence-electron chi connectivity index (χ1n) is 12.2. The van der Waals surface area contributed by atoms with Gasteiger partial charge < -0.3 is 0 Å². The van der Waals surface area contributed by atoms with Gasteiger partial charge in [-0.05, 0) is 55.3 Å². The lowest BCUT2D eigenvalue weighted by Crippen LogP contribution is -2.16. The van der Waals surface area contributed by atoms with Gasteiger partial charge in [-0.25, -0.2) is 0 Å². The van der Waals surface area contributed by atoms with E-state index in [4.69, 9.17) is 0 Å². The molecule has 0 spiro atoms. The predicted molar refractivity (Wildman–Crippen MR) is 150 cm³/mol. The quantitative estimate of drug-likeness (QED) is 0.275. The third kappa shape index (κ3) is 5.75. The van der Waals surface area contributed by atoms with Crippen LogP contribution in [-0.2, 0) is 10.8 Å². The molecule has 0 heteroatoms. The summed E-state index contributed by atoms with van der Waals surface area (Å²) < 4.78 is 0. The fraction of sp³-hybridized carbons (Fsp3) is 0.235. The van der Waals surface area contributed by atoms with Crippen LogP contribution in [0.4, 0.5) is 0 Å². The van der Waals surface area contributed by atoms with Crippen LogP contribution in [0.1, 0.15) is 63.8 Å². The SMILES string of the molecule is CC(C)(C)c1cc(-c2ccc(-c3ccc(/C=C/c4ccccc4)cc3)cc2)cc(C(C)(C)C)c1. The zero-order valence-electron chi connectivity index (χ0n) is 21.4. The maximum atomic E-state index is 2.38. The molecule has 0 bridgehead atoms. The Bertz CT molecular complexity index is 1230. The second kappa shape index (κ2) is 9.47. The Morgan fingerprint density at radius 1 is 0.412 bits per heavy atom. The van der Waals surface area contributed by atoms with Crippen LogP contribution in [0.2, 0.25) is 0 Å². The molecule has 0 heterocycles. The molecule has 0 saturated heterocycles. The van der Waals surface area contributed by atoms with E-state index in [-0.39, 0.29) is 10.8 Å². The summed E-state index contributed by atoms with van der Waals surface area (Å²) in [4.78, 5) is 0. The van der Waals surface area contributed by atoms with Crippen molar-refractivity contribution in [2.24, 2.45) is 0 Å². The Hall–Kier alpha value is -3.38. The molecule has 0 aliphatic rings. The Morgan fingerprint density at radius 3 is 1.24 bits per heavy atom. The molecule has 0 amide bonds. The van der Waals surface area contributed by atoms with Gasteiger partial charge in [0.25, 0.3) is 0 Å². The molecule has 4 rings (SSSR count). The van der Waals surface area contributed by atoms with Gasteiger partial charge in [0, 0.05) is 0 Å². The van der Waals surface area contributed by atoms with Crippen LogP contribution in [0.3, 0.4) is 0 Å². The maximum Gasteiger partial charge on any atom is -0.0132 e. The van der Waals surface area contributed by atoms with Gasteiger partial charge in [0.05, 0.1) is 0 Å². The zero-order valence-corrected chi connectivity index (χ0v) is 21.4. The number of benzene rings is 4. The van der Waals surface area contributed by atoms with Gasteiger partial charge in [-0.3, -0.25) is 0 Å². The van der Waals surface area contributed by atoms with Crippen LogP contribution in [0.15, 0.2) is 97.1 Å². The lowest BCUT2D eigenvalue weighted by Gasteiger charge is -2.26. The number of hydrogen-bond acceptors (Lipinski definition) is 0. The maximum absolute atomic E-state index is 2.38. The average Bonchev–Trinajstić information content (AvgIpc) is 2.82. The second-order valence-electron chi connectivity index (χ2n) is 11.2. The number of rotatable bonds is 4. The lowest BCUT2D eigenvalue weighted by atomic mass is 9.79. The van der Waals surface area contributed by atoms with Crippen LogP contribution in [0.25, 0.3) is 34.4 Å². The minimum absolute atomic E-state index is 0.118. The van der Waals surface area contributed by atoms with Crippen molar-refractivity contribution in [3.05, 3.63) is 119 Å². The molecule has 0 fully saturated rings. The van der Waals surface area contributed by atoms with Gasteiger partial charge in [-0.1, -0.05) is 151 Å². The van der Waals surface area contributed by atoms with Crippen molar-refractivity contribution in [2.45, 2.75) is 52.4 Å². The summed E-state index contributed by atoms with van der Waals surface area (Å²) in [5.74, 6) is 0. The van der Waals surface area contributed by atoms with Gasteiger partial charge in [0.1, 0.15) is 0 Å². The summed E-state index contributed by atoms with van der Waals surface area (Å²) in [5, 5.41) is 0. The summed E-state index contributed by atoms with van der Waals surface area (Å²) in [7, 11) is 0. The molecule has 0 radical (unpaired) electrons. The standard InChI is InChI=1S/C34H36/c1-33(2,3)31-22-30(23-32(24-31)34(4,5)6)29-20-18-28(19-21-29)27-16-14-26(15-17-27)13-12-25-10-8-7-9-11-25/h7-24H,1-6H3/b13-12+. The van der Waals surface area contributed by atoms with Gasteiger partial charge >= 0.3 is 0 Å². The Balaban J connectivity index is 1.58. The first kappa shape index (κ1) is 23.8. The highest BCUT2D eigenvalue weighted by atomic mass is 14.3. The highest BCUT2D eigenvalue weighted by Gasteiger charge is 2.20. The Morgan fingerprint density at radius 2 is 0.794 bits per heavy atom. The van der Waals surface area contributed by atoms with Crippen LogP contribution < -0.4 is 0 Å². The molecule has 0 atom stereocenters. The van der Waals surface area contributed by atoms with Gasteiger partial charge in [-0.2, -0.15) is 0 Å². The molecule has 34 heavy (non-hydrogen) atoms. The molecule has 4 aromatic rings. The minimum Gasteiger partial charge on any atom is -0.0622 e. The molecule has 0 saturated carbocycles. The summed E-state index contributed by atoms with van der Waals surface area (Å²) in [6, 6.07) is 35.3. The van der Waals surface area contributed by atoms with Crippen molar-refractivity contribution < 1.29 is 0 Å². The van der Waals surface area contributed by atoms with Crippen LogP contribution in [0, 0.1) is 0 Å². The van der Waals surface area contributed by atoms with Crippen molar-refractivity contribution in [3.8, 4) is 22.3 Å². The lowest BCUT2D eigenvalue weighted by molar-refractivity contribution is 0.569. The average molecular weight is 445 g/mol. The first-order chi connectivity index (χ1) is 16.1. The summed E-state index contributed by atoms with van der Waals surface area (Å²) >= 11 is 0. The molecule has 0 aromatic heterocycles. The topological polar surface area (TPSA) is 0 Å². The zero-order chi connectivity index (χ0) is 24.3. The predicted octanol–water partition coefficient (Wildman–Crippen LogP) is 9.79. The molecule has 0 N–H and O–H groups in total. The van der Waals surface area contributed by atoms with Crippen molar-refractivity contribution in [1.29, 1.82) is 0 Å². The molecule has 0 aliphatic carbocycles. The molecule has 0 nitrogen and oxygen atoms in total. The third-order valence-electron chi connectivity index (χ3n) is 6.40. The first-order valence-corrected chi connectivity index (χ1v) is 12.2. The van der Waals surface area contributed by atoms with E-state index < -0.39 is 0 Å². The smallest absolute Gasteiger partial charge is 0.0132 e. The molecule has 0 aliphatic heterocycles.